The number of nitrogens with one attached hydrogen (secondary N) is 1. The zero-order chi connectivity index (χ0) is 20.3. The summed E-state index contributed by atoms with van der Waals surface area (Å²) in [7, 11) is 0. The number of rotatable bonds is 6. The second kappa shape index (κ2) is 8.22. The molecule has 0 atom stereocenters. The highest BCUT2D eigenvalue weighted by atomic mass is 35.5. The molecule has 0 aliphatic carbocycles. The van der Waals surface area contributed by atoms with E-state index >= 15 is 0 Å². The van der Waals surface area contributed by atoms with Crippen LogP contribution in [-0.2, 0) is 13.0 Å². The number of benzene rings is 2. The number of hydrogen-bond donors (Lipinski definition) is 1. The van der Waals surface area contributed by atoms with Crippen LogP contribution in [0.5, 0.6) is 0 Å². The van der Waals surface area contributed by atoms with Crippen molar-refractivity contribution in [3.63, 3.8) is 0 Å². The molecule has 0 saturated carbocycles. The summed E-state index contributed by atoms with van der Waals surface area (Å²) in [5.74, 6) is 0.728. The fourth-order valence-electron chi connectivity index (χ4n) is 3.24. The molecule has 3 aromatic heterocycles. The smallest absolute Gasteiger partial charge is 0.168 e. The van der Waals surface area contributed by atoms with Gasteiger partial charge in [-0.3, -0.25) is 0 Å². The van der Waals surface area contributed by atoms with Gasteiger partial charge in [-0.25, -0.2) is 19.6 Å². The summed E-state index contributed by atoms with van der Waals surface area (Å²) in [6.45, 7) is 0.583. The van der Waals surface area contributed by atoms with E-state index in [1.807, 2.05) is 30.3 Å². The van der Waals surface area contributed by atoms with Crippen LogP contribution >= 0.6 is 22.9 Å². The maximum absolute atomic E-state index is 6.12. The molecule has 0 saturated heterocycles. The monoisotopic (exact) mass is 432 g/mol. The van der Waals surface area contributed by atoms with E-state index in [4.69, 9.17) is 16.6 Å². The Bertz CT molecular complexity index is 1300. The second-order valence-electron chi connectivity index (χ2n) is 6.74. The van der Waals surface area contributed by atoms with Crippen molar-refractivity contribution in [2.24, 2.45) is 0 Å². The lowest BCUT2D eigenvalue weighted by atomic mass is 10.2. The molecule has 30 heavy (non-hydrogen) atoms. The maximum Gasteiger partial charge on any atom is 0.168 e. The molecule has 0 amide bonds. The lowest BCUT2D eigenvalue weighted by Crippen LogP contribution is -2.03. The minimum atomic E-state index is 0.583. The highest BCUT2D eigenvalue weighted by Crippen LogP contribution is 2.24. The average Bonchev–Trinajstić information content (AvgIpc) is 3.40. The summed E-state index contributed by atoms with van der Waals surface area (Å²) in [5, 5.41) is 12.5. The van der Waals surface area contributed by atoms with Crippen molar-refractivity contribution in [3.05, 3.63) is 93.8 Å². The molecule has 0 aliphatic rings. The van der Waals surface area contributed by atoms with Gasteiger partial charge in [-0.15, -0.1) is 11.3 Å². The van der Waals surface area contributed by atoms with Crippen LogP contribution < -0.4 is 5.32 Å². The minimum absolute atomic E-state index is 0.583. The lowest BCUT2D eigenvalue weighted by molar-refractivity contribution is 0.895. The minimum Gasteiger partial charge on any atom is -0.364 e. The van der Waals surface area contributed by atoms with Crippen molar-refractivity contribution in [3.8, 4) is 5.69 Å². The first-order valence-corrected chi connectivity index (χ1v) is 10.7. The summed E-state index contributed by atoms with van der Waals surface area (Å²) >= 11 is 7.80. The Kier molecular flexibility index (Phi) is 5.13. The van der Waals surface area contributed by atoms with Crippen molar-refractivity contribution in [1.29, 1.82) is 0 Å². The fourth-order valence-corrected chi connectivity index (χ4v) is 4.25. The number of hydrogen-bond acceptors (Lipinski definition) is 6. The van der Waals surface area contributed by atoms with Crippen molar-refractivity contribution in [1.82, 2.24) is 24.7 Å². The average molecular weight is 433 g/mol. The molecule has 0 bridgehead atoms. The topological polar surface area (TPSA) is 68.5 Å². The van der Waals surface area contributed by atoms with Crippen LogP contribution in [0.1, 0.15) is 16.3 Å². The maximum atomic E-state index is 6.12. The number of nitrogens with zero attached hydrogens (tertiary/aromatic N) is 5. The first-order valence-electron chi connectivity index (χ1n) is 9.42. The highest BCUT2D eigenvalue weighted by Gasteiger charge is 2.12. The van der Waals surface area contributed by atoms with E-state index in [-0.39, 0.29) is 0 Å². The summed E-state index contributed by atoms with van der Waals surface area (Å²) < 4.78 is 1.76. The van der Waals surface area contributed by atoms with Gasteiger partial charge >= 0.3 is 0 Å². The molecular formula is C22H17ClN6S. The Morgan fingerprint density at radius 1 is 1.03 bits per heavy atom. The van der Waals surface area contributed by atoms with E-state index in [1.165, 1.54) is 11.9 Å². The van der Waals surface area contributed by atoms with Gasteiger partial charge in [0.05, 0.1) is 34.5 Å². The predicted octanol–water partition coefficient (Wildman–Crippen LogP) is 5.13. The van der Waals surface area contributed by atoms with Crippen molar-refractivity contribution in [2.45, 2.75) is 13.0 Å². The molecular weight excluding hydrogens is 416 g/mol. The quantitative estimate of drug-likeness (QED) is 0.403. The molecule has 5 aromatic rings. The number of halogens is 1. The van der Waals surface area contributed by atoms with Crippen LogP contribution in [0.15, 0.2) is 72.5 Å². The van der Waals surface area contributed by atoms with Gasteiger partial charge in [0.1, 0.15) is 12.1 Å². The van der Waals surface area contributed by atoms with E-state index in [0.29, 0.717) is 11.6 Å². The van der Waals surface area contributed by atoms with Crippen LogP contribution in [0.3, 0.4) is 0 Å². The Labute approximate surface area is 182 Å². The van der Waals surface area contributed by atoms with Crippen LogP contribution in [0.4, 0.5) is 5.82 Å². The Morgan fingerprint density at radius 3 is 2.80 bits per heavy atom. The zero-order valence-electron chi connectivity index (χ0n) is 15.9. The molecule has 6 nitrogen and oxygen atoms in total. The third-order valence-corrected chi connectivity index (χ3v) is 5.79. The Hall–Kier alpha value is -3.29. The lowest BCUT2D eigenvalue weighted by Gasteiger charge is -2.06. The Balaban J connectivity index is 1.34. The van der Waals surface area contributed by atoms with Gasteiger partial charge in [0.25, 0.3) is 0 Å². The van der Waals surface area contributed by atoms with Gasteiger partial charge in [-0.1, -0.05) is 48.0 Å². The second-order valence-corrected chi connectivity index (χ2v) is 8.12. The SMILES string of the molecule is Clc1cccc(-n2ncc3c(NCc4csc(Cc5ccccc5)n4)ncnc32)c1. The molecule has 0 radical (unpaired) electrons. The van der Waals surface area contributed by atoms with Gasteiger partial charge in [0.15, 0.2) is 5.65 Å². The van der Waals surface area contributed by atoms with E-state index in [1.54, 1.807) is 22.2 Å². The first kappa shape index (κ1) is 18.7. The highest BCUT2D eigenvalue weighted by molar-refractivity contribution is 7.09. The third-order valence-electron chi connectivity index (χ3n) is 4.65. The number of anilines is 1. The number of fused-ring (bicyclic) bond motifs is 1. The van der Waals surface area contributed by atoms with E-state index in [0.717, 1.165) is 39.7 Å². The summed E-state index contributed by atoms with van der Waals surface area (Å²) in [6.07, 6.45) is 4.14. The van der Waals surface area contributed by atoms with E-state index in [2.05, 4.69) is 50.0 Å². The van der Waals surface area contributed by atoms with E-state index in [9.17, 15) is 0 Å². The van der Waals surface area contributed by atoms with Crippen molar-refractivity contribution in [2.75, 3.05) is 5.32 Å². The molecule has 8 heteroatoms. The van der Waals surface area contributed by atoms with Crippen molar-refractivity contribution < 1.29 is 0 Å². The molecule has 0 fully saturated rings. The molecule has 2 aromatic carbocycles. The summed E-state index contributed by atoms with van der Waals surface area (Å²) in [6, 6.07) is 17.9. The summed E-state index contributed by atoms with van der Waals surface area (Å²) in [4.78, 5) is 13.5. The molecule has 5 rings (SSSR count). The molecule has 0 spiro atoms. The molecule has 148 valence electrons. The zero-order valence-corrected chi connectivity index (χ0v) is 17.4. The van der Waals surface area contributed by atoms with Gasteiger partial charge < -0.3 is 5.32 Å². The summed E-state index contributed by atoms with van der Waals surface area (Å²) in [5.41, 5.74) is 3.82. The van der Waals surface area contributed by atoms with Crippen molar-refractivity contribution >= 4 is 39.8 Å². The standard InChI is InChI=1S/C22H17ClN6S/c23-16-7-4-8-18(10-16)29-22-19(12-27-29)21(25-14-26-22)24-11-17-13-30-20(28-17)9-15-5-2-1-3-6-15/h1-8,10,12-14H,9,11H2,(H,24,25,26). The van der Waals surface area contributed by atoms with Crippen LogP contribution in [-0.4, -0.2) is 24.7 Å². The number of aromatic nitrogens is 5. The molecule has 1 N–H and O–H groups in total. The van der Waals surface area contributed by atoms with Gasteiger partial charge in [0.2, 0.25) is 0 Å². The van der Waals surface area contributed by atoms with Gasteiger partial charge in [-0.05, 0) is 23.8 Å². The van der Waals surface area contributed by atoms with E-state index < -0.39 is 0 Å². The molecule has 0 aliphatic heterocycles. The third kappa shape index (κ3) is 3.90. The molecule has 3 heterocycles. The predicted molar refractivity (Wildman–Crippen MR) is 120 cm³/mol. The number of thiazole rings is 1. The fraction of sp³-hybridized carbons (Fsp3) is 0.0909. The first-order chi connectivity index (χ1) is 14.8. The van der Waals surface area contributed by atoms with Crippen LogP contribution in [0.25, 0.3) is 16.7 Å². The van der Waals surface area contributed by atoms with Gasteiger partial charge in [-0.2, -0.15) is 5.10 Å². The van der Waals surface area contributed by atoms with Gasteiger partial charge in [0, 0.05) is 16.8 Å². The normalized spacial score (nSPS) is 11.1. The van der Waals surface area contributed by atoms with Crippen LogP contribution in [0, 0.1) is 0 Å². The van der Waals surface area contributed by atoms with Crippen LogP contribution in [0.2, 0.25) is 5.02 Å². The largest absolute Gasteiger partial charge is 0.364 e. The molecule has 0 unspecified atom stereocenters. The Morgan fingerprint density at radius 2 is 1.93 bits per heavy atom.